The van der Waals surface area contributed by atoms with E-state index in [0.29, 0.717) is 5.75 Å². The van der Waals surface area contributed by atoms with E-state index >= 15 is 0 Å². The molecule has 1 rings (SSSR count). The Kier molecular flexibility index (Phi) is 8.11. The third kappa shape index (κ3) is 6.11. The number of imide groups is 1. The molecule has 0 aromatic heterocycles. The summed E-state index contributed by atoms with van der Waals surface area (Å²) in [6.45, 7) is 3.17. The number of thioether (sulfide) groups is 1. The van der Waals surface area contributed by atoms with Gasteiger partial charge in [-0.15, -0.1) is 11.8 Å². The Morgan fingerprint density at radius 3 is 2.58 bits per heavy atom. The molecule has 8 heteroatoms. The molecule has 132 valence electrons. The second-order valence-electron chi connectivity index (χ2n) is 4.97. The van der Waals surface area contributed by atoms with E-state index in [4.69, 9.17) is 9.47 Å². The van der Waals surface area contributed by atoms with Gasteiger partial charge in [0.25, 0.3) is 5.91 Å². The Bertz CT molecular complexity index is 606. The highest BCUT2D eigenvalue weighted by atomic mass is 32.2. The number of hydrogen-bond donors (Lipinski definition) is 2. The van der Waals surface area contributed by atoms with E-state index in [9.17, 15) is 14.4 Å². The van der Waals surface area contributed by atoms with Gasteiger partial charge in [-0.2, -0.15) is 0 Å². The zero-order valence-electron chi connectivity index (χ0n) is 14.2. The van der Waals surface area contributed by atoms with Gasteiger partial charge < -0.3 is 14.8 Å². The molecular weight excluding hydrogens is 332 g/mol. The summed E-state index contributed by atoms with van der Waals surface area (Å²) in [5.41, 5.74) is 0.215. The lowest BCUT2D eigenvalue weighted by molar-refractivity contribution is -0.123. The standard InChI is InChI=1S/C16H22N2O5S/c1-5-10(2)17-16(21)18-14(19)9-23-15(20)12-7-6-11(24-4)8-13(12)22-3/h6-8,10H,5,9H2,1-4H3,(H2,17,18,19,21)/t10-/m1/s1. The maximum Gasteiger partial charge on any atom is 0.342 e. The molecule has 0 saturated carbocycles. The van der Waals surface area contributed by atoms with Crippen LogP contribution < -0.4 is 15.4 Å². The molecule has 0 bridgehead atoms. The summed E-state index contributed by atoms with van der Waals surface area (Å²) in [6, 6.07) is 4.36. The minimum atomic E-state index is -0.705. The van der Waals surface area contributed by atoms with Gasteiger partial charge in [-0.3, -0.25) is 10.1 Å². The smallest absolute Gasteiger partial charge is 0.342 e. The van der Waals surface area contributed by atoms with Crippen molar-refractivity contribution in [2.24, 2.45) is 0 Å². The molecule has 0 unspecified atom stereocenters. The highest BCUT2D eigenvalue weighted by molar-refractivity contribution is 7.98. The maximum absolute atomic E-state index is 12.0. The summed E-state index contributed by atoms with van der Waals surface area (Å²) < 4.78 is 10.1. The third-order valence-electron chi connectivity index (χ3n) is 3.21. The van der Waals surface area contributed by atoms with Gasteiger partial charge in [0.1, 0.15) is 11.3 Å². The largest absolute Gasteiger partial charge is 0.496 e. The average Bonchev–Trinajstić information content (AvgIpc) is 2.58. The van der Waals surface area contributed by atoms with Crippen LogP contribution in [-0.4, -0.2) is 43.9 Å². The fourth-order valence-corrected chi connectivity index (χ4v) is 2.13. The van der Waals surface area contributed by atoms with E-state index in [1.165, 1.54) is 18.9 Å². The van der Waals surface area contributed by atoms with Crippen LogP contribution in [0.2, 0.25) is 0 Å². The number of urea groups is 1. The Balaban J connectivity index is 2.57. The molecule has 0 aliphatic heterocycles. The Hall–Kier alpha value is -2.22. The van der Waals surface area contributed by atoms with E-state index in [-0.39, 0.29) is 11.6 Å². The number of benzene rings is 1. The number of amides is 3. The summed E-state index contributed by atoms with van der Waals surface area (Å²) in [7, 11) is 1.45. The Morgan fingerprint density at radius 2 is 2.00 bits per heavy atom. The van der Waals surface area contributed by atoms with Crippen molar-refractivity contribution in [2.75, 3.05) is 20.0 Å². The fraction of sp³-hybridized carbons (Fsp3) is 0.438. The molecule has 1 aromatic carbocycles. The summed E-state index contributed by atoms with van der Waals surface area (Å²) in [4.78, 5) is 36.1. The normalized spacial score (nSPS) is 11.3. The highest BCUT2D eigenvalue weighted by Crippen LogP contribution is 2.25. The van der Waals surface area contributed by atoms with Crippen molar-refractivity contribution in [3.63, 3.8) is 0 Å². The fourth-order valence-electron chi connectivity index (χ4n) is 1.70. The van der Waals surface area contributed by atoms with Crippen LogP contribution in [0.1, 0.15) is 30.6 Å². The number of ether oxygens (including phenoxy) is 2. The maximum atomic E-state index is 12.0. The molecule has 2 N–H and O–H groups in total. The predicted molar refractivity (Wildman–Crippen MR) is 91.5 cm³/mol. The number of nitrogens with one attached hydrogen (secondary N) is 2. The number of carbonyl (C=O) groups is 3. The lowest BCUT2D eigenvalue weighted by Gasteiger charge is -2.12. The lowest BCUT2D eigenvalue weighted by Crippen LogP contribution is -2.44. The van der Waals surface area contributed by atoms with Gasteiger partial charge in [0.05, 0.1) is 7.11 Å². The Morgan fingerprint density at radius 1 is 1.29 bits per heavy atom. The van der Waals surface area contributed by atoms with Crippen molar-refractivity contribution < 1.29 is 23.9 Å². The van der Waals surface area contributed by atoms with Crippen LogP contribution in [0.5, 0.6) is 5.75 Å². The first-order chi connectivity index (χ1) is 11.4. The molecule has 1 aromatic rings. The minimum Gasteiger partial charge on any atom is -0.496 e. The van der Waals surface area contributed by atoms with Gasteiger partial charge in [0.15, 0.2) is 6.61 Å². The van der Waals surface area contributed by atoms with Crippen molar-refractivity contribution in [1.82, 2.24) is 10.6 Å². The van der Waals surface area contributed by atoms with E-state index in [0.717, 1.165) is 11.3 Å². The van der Waals surface area contributed by atoms with Crippen molar-refractivity contribution in [3.05, 3.63) is 23.8 Å². The minimum absolute atomic E-state index is 0.0560. The number of methoxy groups -OCH3 is 1. The zero-order chi connectivity index (χ0) is 18.1. The number of hydrogen-bond acceptors (Lipinski definition) is 6. The molecule has 24 heavy (non-hydrogen) atoms. The van der Waals surface area contributed by atoms with Crippen LogP contribution >= 0.6 is 11.8 Å². The van der Waals surface area contributed by atoms with Gasteiger partial charge in [-0.1, -0.05) is 6.92 Å². The summed E-state index contributed by atoms with van der Waals surface area (Å²) in [6.07, 6.45) is 2.64. The van der Waals surface area contributed by atoms with Crippen LogP contribution in [0.15, 0.2) is 23.1 Å². The average molecular weight is 354 g/mol. The van der Waals surface area contributed by atoms with Gasteiger partial charge in [0.2, 0.25) is 0 Å². The topological polar surface area (TPSA) is 93.7 Å². The van der Waals surface area contributed by atoms with Crippen molar-refractivity contribution in [2.45, 2.75) is 31.2 Å². The first-order valence-electron chi connectivity index (χ1n) is 7.40. The van der Waals surface area contributed by atoms with Gasteiger partial charge in [-0.25, -0.2) is 9.59 Å². The van der Waals surface area contributed by atoms with Crippen molar-refractivity contribution >= 4 is 29.7 Å². The van der Waals surface area contributed by atoms with Crippen LogP contribution in [0.25, 0.3) is 0 Å². The predicted octanol–water partition coefficient (Wildman–Crippen LogP) is 2.20. The first kappa shape index (κ1) is 19.8. The summed E-state index contributed by atoms with van der Waals surface area (Å²) >= 11 is 1.51. The highest BCUT2D eigenvalue weighted by Gasteiger charge is 2.17. The summed E-state index contributed by atoms with van der Waals surface area (Å²) in [5, 5.41) is 4.68. The van der Waals surface area contributed by atoms with E-state index in [1.807, 2.05) is 20.1 Å². The monoisotopic (exact) mass is 354 g/mol. The van der Waals surface area contributed by atoms with Crippen molar-refractivity contribution in [1.29, 1.82) is 0 Å². The van der Waals surface area contributed by atoms with Crippen LogP contribution in [0.4, 0.5) is 4.79 Å². The quantitative estimate of drug-likeness (QED) is 0.576. The first-order valence-corrected chi connectivity index (χ1v) is 8.63. The molecule has 0 spiro atoms. The van der Waals surface area contributed by atoms with Gasteiger partial charge >= 0.3 is 12.0 Å². The molecule has 0 aliphatic carbocycles. The van der Waals surface area contributed by atoms with Crippen LogP contribution in [-0.2, 0) is 9.53 Å². The second-order valence-corrected chi connectivity index (χ2v) is 5.85. The molecule has 0 saturated heterocycles. The van der Waals surface area contributed by atoms with Crippen LogP contribution in [0, 0.1) is 0 Å². The SMILES string of the molecule is CC[C@@H](C)NC(=O)NC(=O)COC(=O)c1ccc(SC)cc1OC. The van der Waals surface area contributed by atoms with E-state index in [2.05, 4.69) is 10.6 Å². The second kappa shape index (κ2) is 9.82. The lowest BCUT2D eigenvalue weighted by atomic mass is 10.2. The van der Waals surface area contributed by atoms with E-state index < -0.39 is 24.5 Å². The number of rotatable bonds is 7. The molecular formula is C16H22N2O5S. The zero-order valence-corrected chi connectivity index (χ0v) is 15.0. The molecule has 0 fully saturated rings. The summed E-state index contributed by atoms with van der Waals surface area (Å²) in [5.74, 6) is -1.04. The Labute approximate surface area is 145 Å². The number of esters is 1. The van der Waals surface area contributed by atoms with Crippen molar-refractivity contribution in [3.8, 4) is 5.75 Å². The third-order valence-corrected chi connectivity index (χ3v) is 3.93. The molecule has 0 radical (unpaired) electrons. The molecule has 7 nitrogen and oxygen atoms in total. The molecule has 1 atom stereocenters. The van der Waals surface area contributed by atoms with E-state index in [1.54, 1.807) is 18.2 Å². The van der Waals surface area contributed by atoms with Gasteiger partial charge in [-0.05, 0) is 37.8 Å². The molecule has 0 heterocycles. The van der Waals surface area contributed by atoms with Crippen LogP contribution in [0.3, 0.4) is 0 Å². The van der Waals surface area contributed by atoms with Gasteiger partial charge in [0, 0.05) is 10.9 Å². The molecule has 0 aliphatic rings. The number of carbonyl (C=O) groups excluding carboxylic acids is 3. The molecule has 3 amide bonds.